The van der Waals surface area contributed by atoms with Crippen LogP contribution in [0, 0.1) is 5.92 Å². The zero-order valence-electron chi connectivity index (χ0n) is 11.4. The zero-order chi connectivity index (χ0) is 13.2. The third-order valence-electron chi connectivity index (χ3n) is 4.48. The van der Waals surface area contributed by atoms with E-state index >= 15 is 0 Å². The molecule has 0 saturated carbocycles. The molecule has 2 saturated heterocycles. The van der Waals surface area contributed by atoms with Gasteiger partial charge in [0.05, 0.1) is 12.2 Å². The minimum atomic E-state index is 0.480. The molecule has 104 valence electrons. The van der Waals surface area contributed by atoms with Crippen LogP contribution < -0.4 is 5.32 Å². The van der Waals surface area contributed by atoms with Crippen LogP contribution in [-0.2, 0) is 11.2 Å². The lowest BCUT2D eigenvalue weighted by atomic mass is 9.81. The SMILES string of the molecule is CCNC(Cc1cccc(Cl)c1)C1CC2CCC1O2. The maximum atomic E-state index is 6.08. The Bertz CT molecular complexity index is 437. The summed E-state index contributed by atoms with van der Waals surface area (Å²) in [5.41, 5.74) is 1.32. The molecule has 2 fully saturated rings. The molecule has 0 aromatic heterocycles. The molecule has 1 aromatic carbocycles. The maximum Gasteiger partial charge on any atom is 0.0623 e. The van der Waals surface area contributed by atoms with Crippen LogP contribution in [0.3, 0.4) is 0 Å². The molecule has 0 spiro atoms. The fourth-order valence-corrected chi connectivity index (χ4v) is 3.87. The van der Waals surface area contributed by atoms with E-state index in [0.29, 0.717) is 24.2 Å². The second-order valence-corrected chi connectivity index (χ2v) is 6.21. The normalized spacial score (nSPS) is 30.7. The van der Waals surface area contributed by atoms with Crippen LogP contribution in [0.1, 0.15) is 31.7 Å². The smallest absolute Gasteiger partial charge is 0.0623 e. The van der Waals surface area contributed by atoms with Gasteiger partial charge in [-0.25, -0.2) is 0 Å². The van der Waals surface area contributed by atoms with Crippen LogP contribution in [0.2, 0.25) is 5.02 Å². The van der Waals surface area contributed by atoms with Gasteiger partial charge in [-0.2, -0.15) is 0 Å². The Balaban J connectivity index is 1.70. The van der Waals surface area contributed by atoms with Gasteiger partial charge in [0.25, 0.3) is 0 Å². The van der Waals surface area contributed by atoms with Gasteiger partial charge >= 0.3 is 0 Å². The molecule has 19 heavy (non-hydrogen) atoms. The topological polar surface area (TPSA) is 21.3 Å². The van der Waals surface area contributed by atoms with E-state index in [2.05, 4.69) is 24.4 Å². The fourth-order valence-electron chi connectivity index (χ4n) is 3.66. The van der Waals surface area contributed by atoms with Crippen LogP contribution in [0.5, 0.6) is 0 Å². The van der Waals surface area contributed by atoms with Crippen molar-refractivity contribution >= 4 is 11.6 Å². The summed E-state index contributed by atoms with van der Waals surface area (Å²) in [6.07, 6.45) is 5.78. The lowest BCUT2D eigenvalue weighted by molar-refractivity contribution is 0.0858. The van der Waals surface area contributed by atoms with Crippen molar-refractivity contribution in [3.8, 4) is 0 Å². The lowest BCUT2D eigenvalue weighted by Gasteiger charge is -2.29. The van der Waals surface area contributed by atoms with Crippen molar-refractivity contribution in [3.63, 3.8) is 0 Å². The second-order valence-electron chi connectivity index (χ2n) is 5.77. The standard InChI is InChI=1S/C16H22ClNO/c1-2-18-15(9-11-4-3-5-12(17)8-11)14-10-13-6-7-16(14)19-13/h3-5,8,13-16,18H,2,6-7,9-10H2,1H3. The van der Waals surface area contributed by atoms with Gasteiger partial charge in [-0.1, -0.05) is 30.7 Å². The quantitative estimate of drug-likeness (QED) is 0.892. The number of halogens is 1. The first-order chi connectivity index (χ1) is 9.26. The molecule has 2 aliphatic rings. The molecule has 2 bridgehead atoms. The molecule has 0 amide bonds. The van der Waals surface area contributed by atoms with E-state index in [1.807, 2.05) is 12.1 Å². The number of ether oxygens (including phenoxy) is 1. The molecule has 0 aliphatic carbocycles. The Hall–Kier alpha value is -0.570. The molecule has 2 nitrogen and oxygen atoms in total. The number of hydrogen-bond acceptors (Lipinski definition) is 2. The van der Waals surface area contributed by atoms with Gasteiger partial charge in [0.2, 0.25) is 0 Å². The van der Waals surface area contributed by atoms with Crippen LogP contribution in [0.4, 0.5) is 0 Å². The highest BCUT2D eigenvalue weighted by molar-refractivity contribution is 6.30. The van der Waals surface area contributed by atoms with Crippen LogP contribution in [0.15, 0.2) is 24.3 Å². The highest BCUT2D eigenvalue weighted by Crippen LogP contribution is 2.41. The molecular weight excluding hydrogens is 258 g/mol. The van der Waals surface area contributed by atoms with Gasteiger partial charge in [-0.3, -0.25) is 0 Å². The molecule has 1 aromatic rings. The summed E-state index contributed by atoms with van der Waals surface area (Å²) < 4.78 is 6.01. The molecule has 2 aliphatic heterocycles. The number of hydrogen-bond donors (Lipinski definition) is 1. The highest BCUT2D eigenvalue weighted by Gasteiger charge is 2.43. The Morgan fingerprint density at radius 2 is 2.32 bits per heavy atom. The van der Waals surface area contributed by atoms with Crippen molar-refractivity contribution in [1.29, 1.82) is 0 Å². The van der Waals surface area contributed by atoms with Crippen molar-refractivity contribution in [1.82, 2.24) is 5.32 Å². The van der Waals surface area contributed by atoms with Gasteiger partial charge in [-0.05, 0) is 49.9 Å². The molecule has 0 radical (unpaired) electrons. The van der Waals surface area contributed by atoms with Gasteiger partial charge in [0.1, 0.15) is 0 Å². The van der Waals surface area contributed by atoms with Crippen molar-refractivity contribution in [2.24, 2.45) is 5.92 Å². The Morgan fingerprint density at radius 1 is 1.42 bits per heavy atom. The molecule has 1 N–H and O–H groups in total. The van der Waals surface area contributed by atoms with E-state index in [4.69, 9.17) is 16.3 Å². The summed E-state index contributed by atoms with van der Waals surface area (Å²) in [5, 5.41) is 4.48. The molecule has 4 atom stereocenters. The van der Waals surface area contributed by atoms with Gasteiger partial charge < -0.3 is 10.1 Å². The molecule has 4 unspecified atom stereocenters. The van der Waals surface area contributed by atoms with E-state index in [0.717, 1.165) is 18.0 Å². The van der Waals surface area contributed by atoms with E-state index in [9.17, 15) is 0 Å². The largest absolute Gasteiger partial charge is 0.375 e. The summed E-state index contributed by atoms with van der Waals surface area (Å²) in [6, 6.07) is 8.75. The summed E-state index contributed by atoms with van der Waals surface area (Å²) >= 11 is 6.08. The number of benzene rings is 1. The maximum absolute atomic E-state index is 6.08. The van der Waals surface area contributed by atoms with Crippen molar-refractivity contribution in [2.75, 3.05) is 6.54 Å². The van der Waals surface area contributed by atoms with E-state index < -0.39 is 0 Å². The summed E-state index contributed by atoms with van der Waals surface area (Å²) in [7, 11) is 0. The zero-order valence-corrected chi connectivity index (χ0v) is 12.2. The Morgan fingerprint density at radius 3 is 2.95 bits per heavy atom. The van der Waals surface area contributed by atoms with E-state index in [1.54, 1.807) is 0 Å². The monoisotopic (exact) mass is 279 g/mol. The summed E-state index contributed by atoms with van der Waals surface area (Å²) in [5.74, 6) is 0.665. The summed E-state index contributed by atoms with van der Waals surface area (Å²) in [4.78, 5) is 0. The van der Waals surface area contributed by atoms with Crippen LogP contribution in [-0.4, -0.2) is 24.8 Å². The minimum absolute atomic E-state index is 0.480. The third-order valence-corrected chi connectivity index (χ3v) is 4.72. The first kappa shape index (κ1) is 13.4. The Kier molecular flexibility index (Phi) is 4.11. The number of likely N-dealkylation sites (N-methyl/N-ethyl adjacent to an activating group) is 1. The van der Waals surface area contributed by atoms with Crippen molar-refractivity contribution in [2.45, 2.75) is 50.9 Å². The average Bonchev–Trinajstić information content (AvgIpc) is 3.00. The molecule has 3 rings (SSSR count). The number of nitrogens with one attached hydrogen (secondary N) is 1. The molecule has 2 heterocycles. The number of fused-ring (bicyclic) bond motifs is 2. The van der Waals surface area contributed by atoms with E-state index in [1.165, 1.54) is 24.8 Å². The highest BCUT2D eigenvalue weighted by atomic mass is 35.5. The Labute approximate surface area is 120 Å². The lowest BCUT2D eigenvalue weighted by Crippen LogP contribution is -2.42. The van der Waals surface area contributed by atoms with Crippen molar-refractivity contribution < 1.29 is 4.74 Å². The van der Waals surface area contributed by atoms with Crippen LogP contribution in [0.25, 0.3) is 0 Å². The third kappa shape index (κ3) is 2.96. The van der Waals surface area contributed by atoms with Gasteiger partial charge in [-0.15, -0.1) is 0 Å². The van der Waals surface area contributed by atoms with Crippen LogP contribution >= 0.6 is 11.6 Å². The number of rotatable bonds is 5. The minimum Gasteiger partial charge on any atom is -0.375 e. The summed E-state index contributed by atoms with van der Waals surface area (Å²) in [6.45, 7) is 3.19. The van der Waals surface area contributed by atoms with E-state index in [-0.39, 0.29) is 0 Å². The fraction of sp³-hybridized carbons (Fsp3) is 0.625. The predicted octanol–water partition coefficient (Wildman–Crippen LogP) is 3.43. The van der Waals surface area contributed by atoms with Gasteiger partial charge in [0.15, 0.2) is 0 Å². The van der Waals surface area contributed by atoms with Crippen molar-refractivity contribution in [3.05, 3.63) is 34.9 Å². The second kappa shape index (κ2) is 5.82. The first-order valence-electron chi connectivity index (χ1n) is 7.39. The molecule has 3 heteroatoms. The first-order valence-corrected chi connectivity index (χ1v) is 7.77. The average molecular weight is 280 g/mol. The van der Waals surface area contributed by atoms with Gasteiger partial charge in [0, 0.05) is 17.0 Å². The molecular formula is C16H22ClNO. The predicted molar refractivity (Wildman–Crippen MR) is 78.6 cm³/mol.